The molecule has 0 aliphatic carbocycles. The SMILES string of the molecule is CC(C)(C)C(NC(=O)COCCOc1ncc(N2C(=S)N(c3ccc(C#N)c(C(F)(F)F)c3F)C(=O)C2(C)C)cc1F)C(=O)N1CCCC1C=O. The molecule has 51 heavy (non-hydrogen) atoms. The van der Waals surface area contributed by atoms with Gasteiger partial charge in [0.1, 0.15) is 36.6 Å². The van der Waals surface area contributed by atoms with Crippen molar-refractivity contribution in [1.29, 1.82) is 5.26 Å². The van der Waals surface area contributed by atoms with Gasteiger partial charge in [-0.3, -0.25) is 19.3 Å². The summed E-state index contributed by atoms with van der Waals surface area (Å²) < 4.78 is 82.0. The fraction of sp³-hybridized carbons (Fsp3) is 0.485. The molecule has 0 saturated carbocycles. The minimum atomic E-state index is -5.25. The van der Waals surface area contributed by atoms with E-state index in [1.165, 1.54) is 24.8 Å². The van der Waals surface area contributed by atoms with Crippen LogP contribution in [0.3, 0.4) is 0 Å². The maximum atomic E-state index is 15.3. The van der Waals surface area contributed by atoms with Gasteiger partial charge in [0.05, 0.1) is 41.9 Å². The summed E-state index contributed by atoms with van der Waals surface area (Å²) in [6.45, 7) is 7.53. The van der Waals surface area contributed by atoms with E-state index in [2.05, 4.69) is 10.3 Å². The molecule has 2 atom stereocenters. The number of thiocarbonyl (C=S) groups is 1. The number of carbonyl (C=O) groups is 4. The number of benzene rings is 1. The smallest absolute Gasteiger partial charge is 0.420 e. The van der Waals surface area contributed by atoms with E-state index in [-0.39, 0.29) is 24.8 Å². The zero-order valence-electron chi connectivity index (χ0n) is 28.3. The Morgan fingerprint density at radius 2 is 1.90 bits per heavy atom. The number of alkyl halides is 3. The molecular formula is C33H35F5N6O6S. The number of anilines is 2. The summed E-state index contributed by atoms with van der Waals surface area (Å²) in [6, 6.07) is 2.29. The minimum absolute atomic E-state index is 0.0972. The van der Waals surface area contributed by atoms with E-state index in [0.717, 1.165) is 35.6 Å². The molecule has 1 aromatic carbocycles. The van der Waals surface area contributed by atoms with Crippen LogP contribution < -0.4 is 19.9 Å². The summed E-state index contributed by atoms with van der Waals surface area (Å²) >= 11 is 5.36. The minimum Gasteiger partial charge on any atom is -0.473 e. The fourth-order valence-corrected chi connectivity index (χ4v) is 6.29. The molecule has 2 aliphatic heterocycles. The van der Waals surface area contributed by atoms with Gasteiger partial charge < -0.3 is 29.4 Å². The topological polar surface area (TPSA) is 145 Å². The van der Waals surface area contributed by atoms with Crippen LogP contribution in [0, 0.1) is 28.4 Å². The second-order valence-electron chi connectivity index (χ2n) is 13.4. The lowest BCUT2D eigenvalue weighted by Crippen LogP contribution is -2.56. The van der Waals surface area contributed by atoms with Crippen LogP contribution in [0.25, 0.3) is 0 Å². The van der Waals surface area contributed by atoms with Crippen molar-refractivity contribution in [2.45, 2.75) is 71.3 Å². The molecule has 2 saturated heterocycles. The summed E-state index contributed by atoms with van der Waals surface area (Å²) in [5, 5.41) is 11.3. The molecule has 0 bridgehead atoms. The average molecular weight is 739 g/mol. The van der Waals surface area contributed by atoms with Crippen molar-refractivity contribution in [1.82, 2.24) is 15.2 Å². The number of hydrogen-bond donors (Lipinski definition) is 1. The first-order chi connectivity index (χ1) is 23.7. The molecule has 3 amide bonds. The zero-order chi connectivity index (χ0) is 38.1. The monoisotopic (exact) mass is 738 g/mol. The van der Waals surface area contributed by atoms with Gasteiger partial charge in [-0.1, -0.05) is 20.8 Å². The number of halogens is 5. The summed E-state index contributed by atoms with van der Waals surface area (Å²) in [5.74, 6) is -5.26. The molecule has 2 aliphatic rings. The van der Waals surface area contributed by atoms with Crippen molar-refractivity contribution in [2.75, 3.05) is 36.2 Å². The highest BCUT2D eigenvalue weighted by atomic mass is 32.1. The number of rotatable bonds is 11. The van der Waals surface area contributed by atoms with Crippen LogP contribution in [-0.2, 0) is 30.1 Å². The number of nitriles is 1. The number of aromatic nitrogens is 1. The number of amides is 3. The van der Waals surface area contributed by atoms with E-state index in [0.29, 0.717) is 24.3 Å². The van der Waals surface area contributed by atoms with Crippen molar-refractivity contribution in [3.05, 3.63) is 47.2 Å². The molecule has 12 nitrogen and oxygen atoms in total. The third kappa shape index (κ3) is 7.94. The van der Waals surface area contributed by atoms with Crippen LogP contribution in [-0.4, -0.2) is 83.0 Å². The van der Waals surface area contributed by atoms with Crippen molar-refractivity contribution in [3.63, 3.8) is 0 Å². The van der Waals surface area contributed by atoms with Crippen molar-refractivity contribution in [2.24, 2.45) is 5.41 Å². The maximum Gasteiger partial charge on any atom is 0.420 e. The van der Waals surface area contributed by atoms with E-state index < -0.39 is 87.1 Å². The number of likely N-dealkylation sites (tertiary alicyclic amines) is 1. The van der Waals surface area contributed by atoms with Crippen LogP contribution in [0.15, 0.2) is 24.4 Å². The van der Waals surface area contributed by atoms with E-state index >= 15 is 8.78 Å². The second kappa shape index (κ2) is 14.8. The first kappa shape index (κ1) is 39.0. The van der Waals surface area contributed by atoms with Gasteiger partial charge in [0.15, 0.2) is 16.7 Å². The Balaban J connectivity index is 1.39. The standard InChI is InChI=1S/C33H35F5N6O6S/c1-31(2,3)26(28(47)42-10-6-7-19(42)16-45)41-23(46)17-49-11-12-50-27-21(34)13-20(15-40-27)44-30(51)43(29(48)32(44,4)5)22-9-8-18(14-39)24(25(22)35)33(36,37)38/h8-9,13,15-16,19,26H,6-7,10-12,17H2,1-5H3,(H,41,46). The largest absolute Gasteiger partial charge is 0.473 e. The predicted molar refractivity (Wildman–Crippen MR) is 175 cm³/mol. The Labute approximate surface area is 295 Å². The Morgan fingerprint density at radius 1 is 1.22 bits per heavy atom. The van der Waals surface area contributed by atoms with Crippen LogP contribution >= 0.6 is 12.2 Å². The molecule has 3 heterocycles. The van der Waals surface area contributed by atoms with Crippen LogP contribution in [0.1, 0.15) is 58.6 Å². The van der Waals surface area contributed by atoms with Crippen LogP contribution in [0.2, 0.25) is 0 Å². The highest BCUT2D eigenvalue weighted by Crippen LogP contribution is 2.42. The summed E-state index contributed by atoms with van der Waals surface area (Å²) in [7, 11) is 0. The lowest BCUT2D eigenvalue weighted by atomic mass is 9.85. The molecule has 1 N–H and O–H groups in total. The normalized spacial score (nSPS) is 18.1. The first-order valence-electron chi connectivity index (χ1n) is 15.7. The fourth-order valence-electron chi connectivity index (χ4n) is 5.78. The molecule has 0 radical (unpaired) electrons. The van der Waals surface area contributed by atoms with Gasteiger partial charge in [0.2, 0.25) is 11.8 Å². The molecule has 2 unspecified atom stereocenters. The van der Waals surface area contributed by atoms with Crippen molar-refractivity contribution in [3.8, 4) is 11.9 Å². The van der Waals surface area contributed by atoms with Gasteiger partial charge in [0.25, 0.3) is 11.8 Å². The molecule has 274 valence electrons. The van der Waals surface area contributed by atoms with Gasteiger partial charge in [-0.05, 0) is 56.5 Å². The van der Waals surface area contributed by atoms with E-state index in [1.807, 2.05) is 0 Å². The van der Waals surface area contributed by atoms with Crippen LogP contribution in [0.5, 0.6) is 5.88 Å². The highest BCUT2D eigenvalue weighted by molar-refractivity contribution is 7.81. The lowest BCUT2D eigenvalue weighted by molar-refractivity contribution is -0.142. The van der Waals surface area contributed by atoms with Crippen LogP contribution in [0.4, 0.5) is 33.3 Å². The Bertz CT molecular complexity index is 1780. The summed E-state index contributed by atoms with van der Waals surface area (Å²) in [5.41, 5.74) is -6.09. The van der Waals surface area contributed by atoms with Gasteiger partial charge in [-0.2, -0.15) is 18.4 Å². The second-order valence-corrected chi connectivity index (χ2v) is 13.7. The summed E-state index contributed by atoms with van der Waals surface area (Å²) in [4.78, 5) is 57.6. The predicted octanol–water partition coefficient (Wildman–Crippen LogP) is 4.28. The Hall–Kier alpha value is -4.76. The number of pyridine rings is 1. The molecule has 1 aromatic heterocycles. The van der Waals surface area contributed by atoms with Gasteiger partial charge in [0, 0.05) is 12.6 Å². The van der Waals surface area contributed by atoms with Crippen molar-refractivity contribution < 1.29 is 50.6 Å². The van der Waals surface area contributed by atoms with Gasteiger partial charge in [-0.25, -0.2) is 13.8 Å². The molecule has 4 rings (SSSR count). The highest BCUT2D eigenvalue weighted by Gasteiger charge is 2.52. The lowest BCUT2D eigenvalue weighted by Gasteiger charge is -2.34. The number of aldehydes is 1. The first-order valence-corrected chi connectivity index (χ1v) is 16.1. The number of ether oxygens (including phenoxy) is 2. The number of nitrogens with one attached hydrogen (secondary N) is 1. The van der Waals surface area contributed by atoms with E-state index in [1.54, 1.807) is 20.8 Å². The molecule has 2 fully saturated rings. The van der Waals surface area contributed by atoms with Gasteiger partial charge >= 0.3 is 6.18 Å². The van der Waals surface area contributed by atoms with E-state index in [4.69, 9.17) is 27.0 Å². The number of nitrogens with zero attached hydrogens (tertiary/aromatic N) is 5. The Morgan fingerprint density at radius 3 is 2.49 bits per heavy atom. The van der Waals surface area contributed by atoms with E-state index in [9.17, 15) is 32.3 Å². The number of carbonyl (C=O) groups excluding carboxylic acids is 4. The van der Waals surface area contributed by atoms with Gasteiger partial charge in [-0.15, -0.1) is 0 Å². The third-order valence-corrected chi connectivity index (χ3v) is 8.71. The maximum absolute atomic E-state index is 15.3. The van der Waals surface area contributed by atoms with Crippen molar-refractivity contribution >= 4 is 52.7 Å². The third-order valence-electron chi connectivity index (χ3n) is 8.34. The average Bonchev–Trinajstić information content (AvgIpc) is 3.58. The molecular weight excluding hydrogens is 703 g/mol. The summed E-state index contributed by atoms with van der Waals surface area (Å²) in [6.07, 6.45) is -2.21. The Kier molecular flexibility index (Phi) is 11.4. The molecule has 0 spiro atoms. The zero-order valence-corrected chi connectivity index (χ0v) is 29.1. The molecule has 2 aromatic rings. The quantitative estimate of drug-likeness (QED) is 0.154. The number of hydrogen-bond acceptors (Lipinski definition) is 9. The molecule has 18 heteroatoms.